The Kier molecular flexibility index (Phi) is 17.2. The number of nitrogens with one attached hydrogen (secondary N) is 2. The van der Waals surface area contributed by atoms with Crippen LogP contribution in [0, 0.1) is 10.8 Å². The third-order valence-electron chi connectivity index (χ3n) is 7.08. The van der Waals surface area contributed by atoms with E-state index in [1.54, 1.807) is 6.92 Å². The highest BCUT2D eigenvalue weighted by molar-refractivity contribution is 8.00. The van der Waals surface area contributed by atoms with E-state index in [2.05, 4.69) is 63.7 Å². The number of rotatable bonds is 20. The predicted octanol–water partition coefficient (Wildman–Crippen LogP) is 5.58. The Morgan fingerprint density at radius 3 is 2.00 bits per heavy atom. The highest BCUT2D eigenvalue weighted by atomic mass is 32.2. The second kappa shape index (κ2) is 17.9. The van der Waals surface area contributed by atoms with Gasteiger partial charge in [-0.3, -0.25) is 9.59 Å². The Bertz CT molecular complexity index is 746. The molecule has 7 nitrogen and oxygen atoms in total. The second-order valence-corrected chi connectivity index (χ2v) is 14.4. The molecule has 1 atom stereocenters. The van der Waals surface area contributed by atoms with E-state index in [-0.39, 0.29) is 28.6 Å². The van der Waals surface area contributed by atoms with E-state index in [0.717, 1.165) is 38.0 Å². The predicted molar refractivity (Wildman–Crippen MR) is 161 cm³/mol. The van der Waals surface area contributed by atoms with Gasteiger partial charge < -0.3 is 20.3 Å². The molecule has 222 valence electrons. The first-order valence-electron chi connectivity index (χ1n) is 14.2. The van der Waals surface area contributed by atoms with Gasteiger partial charge in [0.05, 0.1) is 12.0 Å². The zero-order valence-corrected chi connectivity index (χ0v) is 26.7. The van der Waals surface area contributed by atoms with E-state index < -0.39 is 11.4 Å². The van der Waals surface area contributed by atoms with Gasteiger partial charge in [0.15, 0.2) is 0 Å². The van der Waals surface area contributed by atoms with Crippen molar-refractivity contribution in [2.75, 3.05) is 46.1 Å². The monoisotopic (exact) mass is 555 g/mol. The Labute approximate surface area is 237 Å². The molecule has 0 spiro atoms. The number of carbonyl (C=O) groups is 3. The fourth-order valence-corrected chi connectivity index (χ4v) is 5.46. The number of amides is 2. The lowest BCUT2D eigenvalue weighted by Gasteiger charge is -2.45. The lowest BCUT2D eigenvalue weighted by Crippen LogP contribution is -2.51. The molecule has 0 aliphatic rings. The third kappa shape index (κ3) is 15.8. The molecule has 0 aromatic carbocycles. The topological polar surface area (TPSA) is 87.7 Å². The van der Waals surface area contributed by atoms with E-state index in [4.69, 9.17) is 4.74 Å². The van der Waals surface area contributed by atoms with E-state index in [0.29, 0.717) is 25.1 Å². The molecule has 2 N–H and O–H groups in total. The second-order valence-electron chi connectivity index (χ2n) is 12.6. The van der Waals surface area contributed by atoms with Crippen LogP contribution in [0.15, 0.2) is 12.2 Å². The van der Waals surface area contributed by atoms with Crippen molar-refractivity contribution in [1.29, 1.82) is 0 Å². The molecule has 0 heterocycles. The maximum absolute atomic E-state index is 13.2. The maximum Gasteiger partial charge on any atom is 0.333 e. The fraction of sp³-hybridized carbons (Fsp3) is 0.833. The van der Waals surface area contributed by atoms with Gasteiger partial charge in [0, 0.05) is 29.8 Å². The Hall–Kier alpha value is -1.54. The number of esters is 1. The van der Waals surface area contributed by atoms with Gasteiger partial charge in [0.2, 0.25) is 11.8 Å². The molecular weight excluding hydrogens is 498 g/mol. The molecule has 0 saturated heterocycles. The SMILES string of the molecule is C=C(C)C(=O)OCCNC(=O)CCCCCCCCSC(C)(C)CC(C)(C(=O)NCCN(C)C)C(C)(C)C. The van der Waals surface area contributed by atoms with Crippen molar-refractivity contribution >= 4 is 29.5 Å². The highest BCUT2D eigenvalue weighted by Gasteiger charge is 2.47. The number of thioether (sulfide) groups is 1. The van der Waals surface area contributed by atoms with Crippen molar-refractivity contribution in [3.63, 3.8) is 0 Å². The van der Waals surface area contributed by atoms with Crippen LogP contribution in [0.2, 0.25) is 0 Å². The van der Waals surface area contributed by atoms with Gasteiger partial charge in [0.1, 0.15) is 6.61 Å². The van der Waals surface area contributed by atoms with Gasteiger partial charge >= 0.3 is 5.97 Å². The third-order valence-corrected chi connectivity index (χ3v) is 8.50. The van der Waals surface area contributed by atoms with Crippen molar-refractivity contribution < 1.29 is 19.1 Å². The minimum atomic E-state index is -0.447. The Morgan fingerprint density at radius 1 is 0.868 bits per heavy atom. The smallest absolute Gasteiger partial charge is 0.333 e. The molecule has 0 aromatic rings. The largest absolute Gasteiger partial charge is 0.460 e. The first kappa shape index (κ1) is 36.5. The Morgan fingerprint density at radius 2 is 1.45 bits per heavy atom. The Balaban J connectivity index is 4.17. The van der Waals surface area contributed by atoms with Crippen LogP contribution in [-0.4, -0.2) is 73.5 Å². The number of ether oxygens (including phenoxy) is 1. The molecule has 38 heavy (non-hydrogen) atoms. The summed E-state index contributed by atoms with van der Waals surface area (Å²) in [7, 11) is 4.04. The van der Waals surface area contributed by atoms with E-state index in [1.807, 2.05) is 25.9 Å². The molecule has 8 heteroatoms. The molecule has 1 unspecified atom stereocenters. The van der Waals surface area contributed by atoms with Gasteiger partial charge in [-0.2, -0.15) is 11.8 Å². The van der Waals surface area contributed by atoms with Gasteiger partial charge in [-0.05, 0) is 51.4 Å². The normalized spacial score (nSPS) is 13.6. The number of carbonyl (C=O) groups excluding carboxylic acids is 3. The van der Waals surface area contributed by atoms with Crippen LogP contribution in [0.4, 0.5) is 0 Å². The molecule has 0 rings (SSSR count). The molecular formula is C30H57N3O4S. The zero-order chi connectivity index (χ0) is 29.4. The first-order chi connectivity index (χ1) is 17.5. The lowest BCUT2D eigenvalue weighted by molar-refractivity contribution is -0.139. The van der Waals surface area contributed by atoms with Crippen molar-refractivity contribution in [3.8, 4) is 0 Å². The first-order valence-corrected chi connectivity index (χ1v) is 15.2. The number of nitrogens with zero attached hydrogens (tertiary/aromatic N) is 1. The average molecular weight is 556 g/mol. The zero-order valence-electron chi connectivity index (χ0n) is 25.9. The van der Waals surface area contributed by atoms with Crippen molar-refractivity contribution in [2.45, 2.75) is 105 Å². The van der Waals surface area contributed by atoms with E-state index in [1.165, 1.54) is 19.3 Å². The molecule has 0 radical (unpaired) electrons. The summed E-state index contributed by atoms with van der Waals surface area (Å²) in [5.41, 5.74) is -0.226. The van der Waals surface area contributed by atoms with Crippen LogP contribution in [0.3, 0.4) is 0 Å². The summed E-state index contributed by atoms with van der Waals surface area (Å²) in [5, 5.41) is 5.96. The lowest BCUT2D eigenvalue weighted by atomic mass is 9.63. The number of hydrogen-bond acceptors (Lipinski definition) is 6. The van der Waals surface area contributed by atoms with Crippen LogP contribution in [0.25, 0.3) is 0 Å². The average Bonchev–Trinajstić information content (AvgIpc) is 2.78. The number of unbranched alkanes of at least 4 members (excludes halogenated alkanes) is 5. The summed E-state index contributed by atoms with van der Waals surface area (Å²) >= 11 is 1.98. The molecule has 0 aromatic heterocycles. The summed E-state index contributed by atoms with van der Waals surface area (Å²) in [5.74, 6) is 0.820. The summed E-state index contributed by atoms with van der Waals surface area (Å²) in [6, 6.07) is 0. The molecule has 0 saturated carbocycles. The number of likely N-dealkylation sites (N-methyl/N-ethyl adjacent to an activating group) is 1. The van der Waals surface area contributed by atoms with Crippen molar-refractivity contribution in [2.24, 2.45) is 10.8 Å². The maximum atomic E-state index is 13.2. The standard InChI is InChI=1S/C30H57N3O4S/c1-24(2)26(35)37-21-19-31-25(34)17-15-13-11-12-14-16-22-38-29(6,7)23-30(8,28(3,4)5)27(36)32-18-20-33(9)10/h1,11-23H2,2-10H3,(H,31,34)(H,32,36). The van der Waals surface area contributed by atoms with Crippen LogP contribution < -0.4 is 10.6 Å². The molecule has 0 fully saturated rings. The number of hydrogen-bond donors (Lipinski definition) is 2. The molecule has 2 amide bonds. The van der Waals surface area contributed by atoms with Crippen LogP contribution >= 0.6 is 11.8 Å². The fourth-order valence-electron chi connectivity index (χ4n) is 4.17. The van der Waals surface area contributed by atoms with Crippen molar-refractivity contribution in [3.05, 3.63) is 12.2 Å². The summed E-state index contributed by atoms with van der Waals surface area (Å²) in [6.07, 6.45) is 7.92. The van der Waals surface area contributed by atoms with Gasteiger partial charge in [0.25, 0.3) is 0 Å². The van der Waals surface area contributed by atoms with Crippen molar-refractivity contribution in [1.82, 2.24) is 15.5 Å². The highest BCUT2D eigenvalue weighted by Crippen LogP contribution is 2.48. The summed E-state index contributed by atoms with van der Waals surface area (Å²) < 4.78 is 4.97. The molecule has 0 bridgehead atoms. The molecule has 0 aliphatic carbocycles. The van der Waals surface area contributed by atoms with Gasteiger partial charge in [-0.25, -0.2) is 4.79 Å². The minimum Gasteiger partial charge on any atom is -0.460 e. The van der Waals surface area contributed by atoms with E-state index >= 15 is 0 Å². The summed E-state index contributed by atoms with van der Waals surface area (Å²) in [6.45, 7) is 20.3. The quantitative estimate of drug-likeness (QED) is 0.116. The summed E-state index contributed by atoms with van der Waals surface area (Å²) in [4.78, 5) is 38.5. The minimum absolute atomic E-state index is 0.00337. The van der Waals surface area contributed by atoms with Gasteiger partial charge in [-0.1, -0.05) is 73.8 Å². The van der Waals surface area contributed by atoms with Crippen LogP contribution in [0.1, 0.15) is 99.8 Å². The van der Waals surface area contributed by atoms with Crippen LogP contribution in [-0.2, 0) is 19.1 Å². The van der Waals surface area contributed by atoms with E-state index in [9.17, 15) is 14.4 Å². The van der Waals surface area contributed by atoms with Gasteiger partial charge in [-0.15, -0.1) is 0 Å². The molecule has 0 aliphatic heterocycles. The van der Waals surface area contributed by atoms with Crippen LogP contribution in [0.5, 0.6) is 0 Å².